The van der Waals surface area contributed by atoms with E-state index in [4.69, 9.17) is 9.47 Å². The molecule has 5 nitrogen and oxygen atoms in total. The summed E-state index contributed by atoms with van der Waals surface area (Å²) in [5.41, 5.74) is 3.89. The van der Waals surface area contributed by atoms with Crippen molar-refractivity contribution in [3.8, 4) is 11.5 Å². The van der Waals surface area contributed by atoms with Gasteiger partial charge >= 0.3 is 0 Å². The molecule has 0 spiro atoms. The molecule has 126 valence electrons. The molecular formula is C19H22N2O3. The first-order valence-electron chi connectivity index (χ1n) is 8.02. The summed E-state index contributed by atoms with van der Waals surface area (Å²) in [7, 11) is 0. The minimum atomic E-state index is -0.271. The molecule has 2 aromatic rings. The lowest BCUT2D eigenvalue weighted by atomic mass is 10.2. The minimum Gasteiger partial charge on any atom is -0.494 e. The van der Waals surface area contributed by atoms with Crippen LogP contribution < -0.4 is 14.9 Å². The van der Waals surface area contributed by atoms with Gasteiger partial charge in [-0.2, -0.15) is 5.10 Å². The number of hydrogen-bond donors (Lipinski definition) is 1. The van der Waals surface area contributed by atoms with Crippen molar-refractivity contribution in [2.24, 2.45) is 5.10 Å². The van der Waals surface area contributed by atoms with Gasteiger partial charge in [-0.3, -0.25) is 4.79 Å². The van der Waals surface area contributed by atoms with Crippen LogP contribution in [-0.4, -0.2) is 25.3 Å². The molecule has 1 N–H and O–H groups in total. The molecule has 2 rings (SSSR count). The van der Waals surface area contributed by atoms with E-state index in [1.807, 2.05) is 31.2 Å². The van der Waals surface area contributed by atoms with Crippen LogP contribution in [0.3, 0.4) is 0 Å². The highest BCUT2D eigenvalue weighted by Gasteiger charge is 2.04. The second kappa shape index (κ2) is 9.35. The molecule has 0 aromatic heterocycles. The lowest BCUT2D eigenvalue weighted by Crippen LogP contribution is -2.17. The summed E-state index contributed by atoms with van der Waals surface area (Å²) in [6, 6.07) is 14.5. The molecule has 0 fully saturated rings. The topological polar surface area (TPSA) is 59.9 Å². The summed E-state index contributed by atoms with van der Waals surface area (Å²) in [5, 5.41) is 3.99. The van der Waals surface area contributed by atoms with Crippen molar-refractivity contribution in [3.63, 3.8) is 0 Å². The van der Waals surface area contributed by atoms with Gasteiger partial charge in [0.2, 0.25) is 0 Å². The van der Waals surface area contributed by atoms with Crippen molar-refractivity contribution >= 4 is 12.1 Å². The number of rotatable bonds is 8. The van der Waals surface area contributed by atoms with Crippen LogP contribution in [0.15, 0.2) is 53.6 Å². The van der Waals surface area contributed by atoms with E-state index in [1.54, 1.807) is 30.5 Å². The molecule has 0 saturated heterocycles. The Morgan fingerprint density at radius 3 is 2.58 bits per heavy atom. The van der Waals surface area contributed by atoms with E-state index in [1.165, 1.54) is 0 Å². The van der Waals surface area contributed by atoms with Gasteiger partial charge in [0.25, 0.3) is 5.91 Å². The predicted octanol–water partition coefficient (Wildman–Crippen LogP) is 3.64. The second-order valence-electron chi connectivity index (χ2n) is 5.08. The molecule has 0 atom stereocenters. The molecule has 0 aliphatic carbocycles. The van der Waals surface area contributed by atoms with E-state index in [0.29, 0.717) is 18.8 Å². The van der Waals surface area contributed by atoms with E-state index in [-0.39, 0.29) is 5.91 Å². The average molecular weight is 326 g/mol. The van der Waals surface area contributed by atoms with Crippen molar-refractivity contribution in [1.82, 2.24) is 5.43 Å². The normalized spacial score (nSPS) is 10.6. The Balaban J connectivity index is 1.92. The second-order valence-corrected chi connectivity index (χ2v) is 5.08. The van der Waals surface area contributed by atoms with Crippen LogP contribution in [0.5, 0.6) is 11.5 Å². The maximum atomic E-state index is 12.0. The van der Waals surface area contributed by atoms with Gasteiger partial charge in [-0.1, -0.05) is 19.1 Å². The minimum absolute atomic E-state index is 0.271. The maximum absolute atomic E-state index is 12.0. The highest BCUT2D eigenvalue weighted by atomic mass is 16.5. The highest BCUT2D eigenvalue weighted by molar-refractivity contribution is 5.95. The van der Waals surface area contributed by atoms with Crippen molar-refractivity contribution in [1.29, 1.82) is 0 Å². The standard InChI is InChI=1S/C19H22N2O3/c1-3-12-24-18-7-5-6-15(13-18)14-20-21-19(22)16-8-10-17(11-9-16)23-4-2/h5-11,13-14H,3-4,12H2,1-2H3,(H,21,22)/b20-14+. The molecule has 0 bridgehead atoms. The van der Waals surface area contributed by atoms with Crippen LogP contribution >= 0.6 is 0 Å². The van der Waals surface area contributed by atoms with Crippen molar-refractivity contribution in [3.05, 3.63) is 59.7 Å². The first-order chi connectivity index (χ1) is 11.7. The summed E-state index contributed by atoms with van der Waals surface area (Å²) in [6.07, 6.45) is 2.54. The van der Waals surface area contributed by atoms with E-state index in [9.17, 15) is 4.79 Å². The zero-order valence-electron chi connectivity index (χ0n) is 14.0. The summed E-state index contributed by atoms with van der Waals surface area (Å²) < 4.78 is 10.9. The summed E-state index contributed by atoms with van der Waals surface area (Å²) >= 11 is 0. The van der Waals surface area contributed by atoms with Crippen molar-refractivity contribution in [2.75, 3.05) is 13.2 Å². The number of nitrogens with zero attached hydrogens (tertiary/aromatic N) is 1. The van der Waals surface area contributed by atoms with Crippen LogP contribution in [0.1, 0.15) is 36.2 Å². The number of ether oxygens (including phenoxy) is 2. The van der Waals surface area contributed by atoms with Gasteiger partial charge in [0.1, 0.15) is 11.5 Å². The van der Waals surface area contributed by atoms with Gasteiger partial charge in [-0.25, -0.2) is 5.43 Å². The fourth-order valence-corrected chi connectivity index (χ4v) is 2.00. The number of nitrogens with one attached hydrogen (secondary N) is 1. The first-order valence-corrected chi connectivity index (χ1v) is 8.02. The van der Waals surface area contributed by atoms with Crippen LogP contribution in [0.2, 0.25) is 0 Å². The molecular weight excluding hydrogens is 304 g/mol. The number of benzene rings is 2. The van der Waals surface area contributed by atoms with Gasteiger partial charge in [0.15, 0.2) is 0 Å². The van der Waals surface area contributed by atoms with E-state index >= 15 is 0 Å². The lowest BCUT2D eigenvalue weighted by Gasteiger charge is -2.05. The van der Waals surface area contributed by atoms with Gasteiger partial charge < -0.3 is 9.47 Å². The zero-order valence-corrected chi connectivity index (χ0v) is 14.0. The average Bonchev–Trinajstić information content (AvgIpc) is 2.61. The number of hydrogen-bond acceptors (Lipinski definition) is 4. The molecule has 0 radical (unpaired) electrons. The van der Waals surface area contributed by atoms with Gasteiger partial charge in [0, 0.05) is 5.56 Å². The van der Waals surface area contributed by atoms with Gasteiger partial charge in [0.05, 0.1) is 19.4 Å². The highest BCUT2D eigenvalue weighted by Crippen LogP contribution is 2.13. The third-order valence-electron chi connectivity index (χ3n) is 3.14. The molecule has 24 heavy (non-hydrogen) atoms. The monoisotopic (exact) mass is 326 g/mol. The Bertz CT molecular complexity index is 681. The molecule has 0 saturated carbocycles. The van der Waals surface area contributed by atoms with Gasteiger partial charge in [-0.05, 0) is 55.3 Å². The SMILES string of the molecule is CCCOc1cccc(/C=N/NC(=O)c2ccc(OCC)cc2)c1. The number of carbonyl (C=O) groups excluding carboxylic acids is 1. The molecule has 0 unspecified atom stereocenters. The van der Waals surface area contributed by atoms with Crippen molar-refractivity contribution in [2.45, 2.75) is 20.3 Å². The third-order valence-corrected chi connectivity index (χ3v) is 3.14. The Kier molecular flexibility index (Phi) is 6.83. The zero-order chi connectivity index (χ0) is 17.2. The van der Waals surface area contributed by atoms with Crippen LogP contribution in [-0.2, 0) is 0 Å². The number of carbonyl (C=O) groups is 1. The Labute approximate surface area is 142 Å². The summed E-state index contributed by atoms with van der Waals surface area (Å²) in [4.78, 5) is 12.0. The Morgan fingerprint density at radius 2 is 1.88 bits per heavy atom. The molecule has 1 amide bonds. The molecule has 0 aliphatic rings. The van der Waals surface area contributed by atoms with Crippen LogP contribution in [0.4, 0.5) is 0 Å². The third kappa shape index (κ3) is 5.43. The predicted molar refractivity (Wildman–Crippen MR) is 94.9 cm³/mol. The fourth-order valence-electron chi connectivity index (χ4n) is 2.00. The van der Waals surface area contributed by atoms with E-state index in [2.05, 4.69) is 17.5 Å². The lowest BCUT2D eigenvalue weighted by molar-refractivity contribution is 0.0955. The molecule has 0 aliphatic heterocycles. The fraction of sp³-hybridized carbons (Fsp3) is 0.263. The molecule has 2 aromatic carbocycles. The quantitative estimate of drug-likeness (QED) is 0.595. The number of hydrazone groups is 1. The Morgan fingerprint density at radius 1 is 1.08 bits per heavy atom. The first kappa shape index (κ1) is 17.5. The smallest absolute Gasteiger partial charge is 0.271 e. The largest absolute Gasteiger partial charge is 0.494 e. The summed E-state index contributed by atoms with van der Waals surface area (Å²) in [6.45, 7) is 5.24. The molecule has 5 heteroatoms. The van der Waals surface area contributed by atoms with Crippen molar-refractivity contribution < 1.29 is 14.3 Å². The maximum Gasteiger partial charge on any atom is 0.271 e. The number of amides is 1. The molecule has 0 heterocycles. The van der Waals surface area contributed by atoms with Gasteiger partial charge in [-0.15, -0.1) is 0 Å². The van der Waals surface area contributed by atoms with Crippen LogP contribution in [0, 0.1) is 0 Å². The van der Waals surface area contributed by atoms with Crippen LogP contribution in [0.25, 0.3) is 0 Å². The van der Waals surface area contributed by atoms with E-state index in [0.717, 1.165) is 23.5 Å². The van der Waals surface area contributed by atoms with E-state index < -0.39 is 0 Å². The summed E-state index contributed by atoms with van der Waals surface area (Å²) in [5.74, 6) is 1.26. The Hall–Kier alpha value is -2.82.